The summed E-state index contributed by atoms with van der Waals surface area (Å²) in [5, 5.41) is 7.10. The SMILES string of the molecule is NC(=O)c1cnn2c1NC=CC2(C(N)=O)[C@H]1CCOc2cc(F)ccc21. The van der Waals surface area contributed by atoms with E-state index in [-0.39, 0.29) is 18.0 Å². The zero-order chi connectivity index (χ0) is 18.5. The van der Waals surface area contributed by atoms with Gasteiger partial charge in [0.2, 0.25) is 5.91 Å². The Balaban J connectivity index is 1.94. The minimum atomic E-state index is -1.38. The summed E-state index contributed by atoms with van der Waals surface area (Å²) in [5.41, 5.74) is 10.6. The quantitative estimate of drug-likeness (QED) is 0.749. The molecular formula is C17H16FN5O3. The van der Waals surface area contributed by atoms with Gasteiger partial charge in [0.25, 0.3) is 5.91 Å². The van der Waals surface area contributed by atoms with Gasteiger partial charge in [-0.25, -0.2) is 9.07 Å². The predicted molar refractivity (Wildman–Crippen MR) is 89.9 cm³/mol. The number of benzene rings is 1. The fourth-order valence-corrected chi connectivity index (χ4v) is 3.71. The average molecular weight is 357 g/mol. The molecule has 8 nitrogen and oxygen atoms in total. The maximum Gasteiger partial charge on any atom is 0.254 e. The number of ether oxygens (including phenoxy) is 1. The number of nitrogens with one attached hydrogen (secondary N) is 1. The third kappa shape index (κ3) is 2.10. The summed E-state index contributed by atoms with van der Waals surface area (Å²) in [6, 6.07) is 4.16. The van der Waals surface area contributed by atoms with E-state index in [0.29, 0.717) is 17.7 Å². The first kappa shape index (κ1) is 16.1. The van der Waals surface area contributed by atoms with Crippen LogP contribution < -0.4 is 21.5 Å². The summed E-state index contributed by atoms with van der Waals surface area (Å²) >= 11 is 0. The number of aromatic nitrogens is 2. The van der Waals surface area contributed by atoms with Gasteiger partial charge in [0.1, 0.15) is 22.9 Å². The van der Waals surface area contributed by atoms with Crippen molar-refractivity contribution in [3.63, 3.8) is 0 Å². The Morgan fingerprint density at radius 1 is 1.38 bits per heavy atom. The molecule has 9 heteroatoms. The van der Waals surface area contributed by atoms with Crippen LogP contribution in [0, 0.1) is 5.82 Å². The van der Waals surface area contributed by atoms with Crippen LogP contribution >= 0.6 is 0 Å². The largest absolute Gasteiger partial charge is 0.493 e. The van der Waals surface area contributed by atoms with Crippen molar-refractivity contribution in [2.75, 3.05) is 11.9 Å². The molecule has 0 bridgehead atoms. The molecule has 2 aromatic rings. The molecule has 2 aliphatic heterocycles. The molecule has 134 valence electrons. The van der Waals surface area contributed by atoms with Crippen LogP contribution in [0.2, 0.25) is 0 Å². The lowest BCUT2D eigenvalue weighted by molar-refractivity contribution is -0.126. The Kier molecular flexibility index (Phi) is 3.46. The van der Waals surface area contributed by atoms with E-state index in [0.717, 1.165) is 0 Å². The molecule has 0 saturated carbocycles. The van der Waals surface area contributed by atoms with Crippen molar-refractivity contribution in [1.29, 1.82) is 0 Å². The summed E-state index contributed by atoms with van der Waals surface area (Å²) in [6.07, 6.45) is 4.88. The normalized spacial score (nSPS) is 23.3. The number of halogens is 1. The van der Waals surface area contributed by atoms with E-state index in [1.807, 2.05) is 0 Å². The fourth-order valence-electron chi connectivity index (χ4n) is 3.71. The highest BCUT2D eigenvalue weighted by atomic mass is 19.1. The number of hydrogen-bond donors (Lipinski definition) is 3. The van der Waals surface area contributed by atoms with Gasteiger partial charge in [0.05, 0.1) is 12.8 Å². The van der Waals surface area contributed by atoms with Gasteiger partial charge in [-0.05, 0) is 18.6 Å². The number of amides is 2. The molecule has 2 atom stereocenters. The minimum Gasteiger partial charge on any atom is -0.493 e. The number of anilines is 1. The molecule has 1 aromatic heterocycles. The van der Waals surface area contributed by atoms with E-state index in [2.05, 4.69) is 10.4 Å². The summed E-state index contributed by atoms with van der Waals surface area (Å²) < 4.78 is 20.5. The number of fused-ring (bicyclic) bond motifs is 2. The smallest absolute Gasteiger partial charge is 0.254 e. The van der Waals surface area contributed by atoms with E-state index in [4.69, 9.17) is 16.2 Å². The number of hydrogen-bond acceptors (Lipinski definition) is 5. The van der Waals surface area contributed by atoms with Gasteiger partial charge in [0, 0.05) is 23.7 Å². The van der Waals surface area contributed by atoms with Crippen LogP contribution in [0.15, 0.2) is 36.7 Å². The first-order valence-corrected chi connectivity index (χ1v) is 8.00. The minimum absolute atomic E-state index is 0.145. The highest BCUT2D eigenvalue weighted by molar-refractivity contribution is 5.99. The Bertz CT molecular complexity index is 954. The number of carbonyl (C=O) groups is 2. The van der Waals surface area contributed by atoms with Crippen molar-refractivity contribution in [3.8, 4) is 5.75 Å². The molecule has 3 heterocycles. The van der Waals surface area contributed by atoms with Crippen LogP contribution in [0.5, 0.6) is 5.75 Å². The van der Waals surface area contributed by atoms with Crippen LogP contribution in [0.1, 0.15) is 28.3 Å². The van der Waals surface area contributed by atoms with Crippen molar-refractivity contribution < 1.29 is 18.7 Å². The second kappa shape index (κ2) is 5.58. The van der Waals surface area contributed by atoms with Crippen LogP contribution in [0.4, 0.5) is 10.2 Å². The number of rotatable bonds is 3. The van der Waals surface area contributed by atoms with Crippen LogP contribution in [0.3, 0.4) is 0 Å². The molecule has 0 saturated heterocycles. The highest BCUT2D eigenvalue weighted by Gasteiger charge is 2.50. The number of carbonyl (C=O) groups excluding carboxylic acids is 2. The van der Waals surface area contributed by atoms with Crippen molar-refractivity contribution in [2.45, 2.75) is 17.9 Å². The van der Waals surface area contributed by atoms with E-state index < -0.39 is 29.1 Å². The monoisotopic (exact) mass is 357 g/mol. The maximum absolute atomic E-state index is 13.6. The average Bonchev–Trinajstić information content (AvgIpc) is 3.05. The molecule has 0 radical (unpaired) electrons. The summed E-state index contributed by atoms with van der Waals surface area (Å²) in [5.74, 6) is -1.58. The van der Waals surface area contributed by atoms with Crippen LogP contribution in [-0.4, -0.2) is 28.2 Å². The standard InChI is InChI=1S/C17H16FN5O3/c18-9-1-2-10-12(3-6-26-13(10)7-9)17(16(20)25)4-5-21-15-11(14(19)24)8-22-23(15)17/h1-2,4-5,7-8,12,21H,3,6H2,(H2,19,24)(H2,20,25)/t12-,17?/m0/s1. The van der Waals surface area contributed by atoms with Gasteiger partial charge < -0.3 is 21.5 Å². The Hall–Kier alpha value is -3.36. The summed E-state index contributed by atoms with van der Waals surface area (Å²) in [4.78, 5) is 24.3. The van der Waals surface area contributed by atoms with Gasteiger partial charge in [-0.2, -0.15) is 5.10 Å². The van der Waals surface area contributed by atoms with E-state index >= 15 is 0 Å². The highest BCUT2D eigenvalue weighted by Crippen LogP contribution is 2.47. The molecule has 4 rings (SSSR count). The number of nitrogens with zero attached hydrogens (tertiary/aromatic N) is 2. The Morgan fingerprint density at radius 2 is 2.19 bits per heavy atom. The lowest BCUT2D eigenvalue weighted by Crippen LogP contribution is -2.52. The van der Waals surface area contributed by atoms with Gasteiger partial charge in [-0.15, -0.1) is 0 Å². The van der Waals surface area contributed by atoms with Crippen molar-refractivity contribution in [2.24, 2.45) is 11.5 Å². The summed E-state index contributed by atoms with van der Waals surface area (Å²) in [7, 11) is 0. The third-order valence-electron chi connectivity index (χ3n) is 4.88. The summed E-state index contributed by atoms with van der Waals surface area (Å²) in [6.45, 7) is 0.288. The van der Waals surface area contributed by atoms with Crippen molar-refractivity contribution >= 4 is 17.6 Å². The molecule has 26 heavy (non-hydrogen) atoms. The van der Waals surface area contributed by atoms with Crippen LogP contribution in [0.25, 0.3) is 0 Å². The van der Waals surface area contributed by atoms with Crippen LogP contribution in [-0.2, 0) is 10.3 Å². The molecule has 2 amide bonds. The van der Waals surface area contributed by atoms with E-state index in [1.54, 1.807) is 12.1 Å². The molecule has 0 fully saturated rings. The Morgan fingerprint density at radius 3 is 2.92 bits per heavy atom. The van der Waals surface area contributed by atoms with E-state index in [1.165, 1.54) is 29.2 Å². The zero-order valence-electron chi connectivity index (χ0n) is 13.6. The van der Waals surface area contributed by atoms with Crippen molar-refractivity contribution in [3.05, 3.63) is 53.6 Å². The Labute approximate surface area is 147 Å². The third-order valence-corrected chi connectivity index (χ3v) is 4.88. The van der Waals surface area contributed by atoms with E-state index in [9.17, 15) is 14.0 Å². The van der Waals surface area contributed by atoms with Crippen molar-refractivity contribution in [1.82, 2.24) is 9.78 Å². The number of primary amides is 2. The molecular weight excluding hydrogens is 341 g/mol. The molecule has 1 unspecified atom stereocenters. The first-order valence-electron chi connectivity index (χ1n) is 8.00. The molecule has 0 aliphatic carbocycles. The second-order valence-corrected chi connectivity index (χ2v) is 6.22. The predicted octanol–water partition coefficient (Wildman–Crippen LogP) is 0.807. The topological polar surface area (TPSA) is 125 Å². The zero-order valence-corrected chi connectivity index (χ0v) is 13.6. The molecule has 2 aliphatic rings. The second-order valence-electron chi connectivity index (χ2n) is 6.22. The lowest BCUT2D eigenvalue weighted by Gasteiger charge is -2.41. The fraction of sp³-hybridized carbons (Fsp3) is 0.235. The number of nitrogens with two attached hydrogens (primary N) is 2. The van der Waals surface area contributed by atoms with Gasteiger partial charge in [-0.3, -0.25) is 9.59 Å². The molecule has 5 N–H and O–H groups in total. The lowest BCUT2D eigenvalue weighted by atomic mass is 9.74. The first-order chi connectivity index (χ1) is 12.4. The van der Waals surface area contributed by atoms with Gasteiger partial charge in [-0.1, -0.05) is 6.07 Å². The molecule has 1 aromatic carbocycles. The van der Waals surface area contributed by atoms with Gasteiger partial charge in [0.15, 0.2) is 5.54 Å². The maximum atomic E-state index is 13.6. The molecule has 0 spiro atoms. The van der Waals surface area contributed by atoms with Gasteiger partial charge >= 0.3 is 0 Å².